The molecule has 2 aromatic rings. The van der Waals surface area contributed by atoms with E-state index in [4.69, 9.17) is 29.0 Å². The number of likely N-dealkylation sites (tertiary alicyclic amines) is 1. The molecule has 0 aromatic carbocycles. The Hall–Kier alpha value is -2.62. The molecule has 220 valence electrons. The molecule has 2 N–H and O–H groups in total. The molecule has 8 nitrogen and oxygen atoms in total. The van der Waals surface area contributed by atoms with Crippen molar-refractivity contribution in [2.24, 2.45) is 5.92 Å². The molecule has 0 bridgehead atoms. The molecule has 0 spiro atoms. The normalized spacial score (nSPS) is 21.7. The van der Waals surface area contributed by atoms with Gasteiger partial charge in [0.2, 0.25) is 0 Å². The largest absolute Gasteiger partial charge is 0.490 e. The number of aryl methyl sites for hydroxylation is 1. The molecule has 3 atom stereocenters. The van der Waals surface area contributed by atoms with E-state index in [0.717, 1.165) is 38.5 Å². The van der Waals surface area contributed by atoms with E-state index in [2.05, 4.69) is 42.0 Å². The van der Waals surface area contributed by atoms with Crippen LogP contribution in [0.3, 0.4) is 0 Å². The van der Waals surface area contributed by atoms with Gasteiger partial charge in [-0.3, -0.25) is 9.80 Å². The summed E-state index contributed by atoms with van der Waals surface area (Å²) >= 11 is 1.92. The van der Waals surface area contributed by atoms with Crippen molar-refractivity contribution in [2.75, 3.05) is 26.7 Å². The number of piperidine rings is 1. The van der Waals surface area contributed by atoms with Crippen molar-refractivity contribution in [1.29, 1.82) is 0 Å². The number of halogens is 6. The zero-order valence-electron chi connectivity index (χ0n) is 21.2. The number of nitrogens with zero attached hydrogens (tertiary/aromatic N) is 2. The number of hydrogen-bond donors (Lipinski definition) is 2. The van der Waals surface area contributed by atoms with E-state index in [1.807, 2.05) is 17.4 Å². The lowest BCUT2D eigenvalue weighted by Crippen LogP contribution is -2.59. The maximum absolute atomic E-state index is 10.6. The van der Waals surface area contributed by atoms with Gasteiger partial charge in [0, 0.05) is 42.0 Å². The number of likely N-dealkylation sites (N-methyl/N-ethyl adjacent to an activating group) is 1. The summed E-state index contributed by atoms with van der Waals surface area (Å²) < 4.78 is 75.3. The SMILES string of the molecule is Cc1ccc(CN2C[C@@H]3CCCO[C@@H]3[C@H](N(C)Cc3ccco3)C2)s1.O=C(O)C(F)(F)F.O=C(O)C(F)(F)F. The number of ether oxygens (including phenoxy) is 1. The fourth-order valence-electron chi connectivity index (χ4n) is 4.34. The van der Waals surface area contributed by atoms with Crippen molar-refractivity contribution in [3.63, 3.8) is 0 Å². The lowest BCUT2D eigenvalue weighted by Gasteiger charge is -2.48. The number of rotatable bonds is 5. The molecule has 15 heteroatoms. The van der Waals surface area contributed by atoms with E-state index in [1.165, 1.54) is 22.6 Å². The van der Waals surface area contributed by atoms with Crippen LogP contribution in [0, 0.1) is 12.8 Å². The maximum Gasteiger partial charge on any atom is 0.490 e. The highest BCUT2D eigenvalue weighted by Gasteiger charge is 2.41. The molecule has 2 aliphatic heterocycles. The highest BCUT2D eigenvalue weighted by molar-refractivity contribution is 7.11. The summed E-state index contributed by atoms with van der Waals surface area (Å²) in [5.41, 5.74) is 0. The quantitative estimate of drug-likeness (QED) is 0.469. The van der Waals surface area contributed by atoms with Crippen LogP contribution in [-0.2, 0) is 27.4 Å². The van der Waals surface area contributed by atoms with Crippen molar-refractivity contribution < 1.29 is 55.3 Å². The number of aliphatic carboxylic acids is 2. The number of thiophene rings is 1. The van der Waals surface area contributed by atoms with Crippen molar-refractivity contribution in [3.8, 4) is 0 Å². The van der Waals surface area contributed by atoms with Crippen LogP contribution in [0.1, 0.15) is 28.4 Å². The minimum Gasteiger partial charge on any atom is -0.475 e. The zero-order chi connectivity index (χ0) is 29.4. The third kappa shape index (κ3) is 10.8. The summed E-state index contributed by atoms with van der Waals surface area (Å²) in [7, 11) is 2.21. The van der Waals surface area contributed by atoms with Gasteiger partial charge in [0.25, 0.3) is 0 Å². The number of hydrogen-bond acceptors (Lipinski definition) is 7. The molecule has 4 rings (SSSR count). The Morgan fingerprint density at radius 1 is 1.08 bits per heavy atom. The summed E-state index contributed by atoms with van der Waals surface area (Å²) in [6.07, 6.45) is -5.57. The first-order valence-corrected chi connectivity index (χ1v) is 12.6. The van der Waals surface area contributed by atoms with Crippen LogP contribution in [0.4, 0.5) is 26.3 Å². The van der Waals surface area contributed by atoms with Crippen molar-refractivity contribution in [3.05, 3.63) is 46.0 Å². The fourth-order valence-corrected chi connectivity index (χ4v) is 5.27. The first kappa shape index (κ1) is 32.6. The Morgan fingerprint density at radius 2 is 1.69 bits per heavy atom. The van der Waals surface area contributed by atoms with Gasteiger partial charge in [-0.25, -0.2) is 9.59 Å². The van der Waals surface area contributed by atoms with Gasteiger partial charge < -0.3 is 19.4 Å². The van der Waals surface area contributed by atoms with Crippen molar-refractivity contribution in [2.45, 2.75) is 57.4 Å². The van der Waals surface area contributed by atoms with Gasteiger partial charge in [0.05, 0.1) is 18.9 Å². The summed E-state index contributed by atoms with van der Waals surface area (Å²) in [6, 6.07) is 8.97. The van der Waals surface area contributed by atoms with Gasteiger partial charge in [-0.15, -0.1) is 11.3 Å². The minimum absolute atomic E-state index is 0.357. The predicted octanol–water partition coefficient (Wildman–Crippen LogP) is 5.03. The summed E-state index contributed by atoms with van der Waals surface area (Å²) in [4.78, 5) is 25.7. The zero-order valence-corrected chi connectivity index (χ0v) is 22.0. The summed E-state index contributed by atoms with van der Waals surface area (Å²) in [6.45, 7) is 7.23. The molecule has 2 aliphatic rings. The van der Waals surface area contributed by atoms with Gasteiger partial charge in [0.1, 0.15) is 5.76 Å². The van der Waals surface area contributed by atoms with Crippen LogP contribution in [0.2, 0.25) is 0 Å². The van der Waals surface area contributed by atoms with E-state index in [-0.39, 0.29) is 0 Å². The predicted molar refractivity (Wildman–Crippen MR) is 128 cm³/mol. The third-order valence-electron chi connectivity index (χ3n) is 6.02. The molecule has 39 heavy (non-hydrogen) atoms. The van der Waals surface area contributed by atoms with E-state index < -0.39 is 24.3 Å². The molecule has 2 saturated heterocycles. The Balaban J connectivity index is 0.000000317. The topological polar surface area (TPSA) is 103 Å². The lowest BCUT2D eigenvalue weighted by molar-refractivity contribution is -0.193. The van der Waals surface area contributed by atoms with E-state index in [1.54, 1.807) is 6.26 Å². The number of carbonyl (C=O) groups is 2. The standard InChI is InChI=1S/C20H28N2O2S.2C2HF3O2/c1-15-7-8-18(25-15)13-22-11-16-5-3-10-24-20(16)19(14-22)21(2)12-17-6-4-9-23-17;2*3-2(4,5)1(6)7/h4,6-9,16,19-20H,3,5,10-14H2,1-2H3;2*(H,6,7)/t16-,19+,20-;;/m0../s1. The van der Waals surface area contributed by atoms with Crippen LogP contribution in [-0.4, -0.2) is 83.2 Å². The second kappa shape index (κ2) is 14.1. The van der Waals surface area contributed by atoms with Crippen LogP contribution in [0.5, 0.6) is 0 Å². The van der Waals surface area contributed by atoms with Gasteiger partial charge in [-0.2, -0.15) is 26.3 Å². The highest BCUT2D eigenvalue weighted by Crippen LogP contribution is 2.32. The van der Waals surface area contributed by atoms with Crippen molar-refractivity contribution >= 4 is 23.3 Å². The first-order valence-electron chi connectivity index (χ1n) is 11.8. The first-order chi connectivity index (χ1) is 18.1. The van der Waals surface area contributed by atoms with E-state index >= 15 is 0 Å². The Morgan fingerprint density at radius 3 is 2.18 bits per heavy atom. The van der Waals surface area contributed by atoms with Gasteiger partial charge in [0.15, 0.2) is 0 Å². The summed E-state index contributed by atoms with van der Waals surface area (Å²) in [5, 5.41) is 14.2. The number of alkyl halides is 6. The highest BCUT2D eigenvalue weighted by atomic mass is 32.1. The minimum atomic E-state index is -5.08. The smallest absolute Gasteiger partial charge is 0.475 e. The molecule has 4 heterocycles. The lowest BCUT2D eigenvalue weighted by atomic mass is 9.84. The third-order valence-corrected chi connectivity index (χ3v) is 7.01. The monoisotopic (exact) mass is 588 g/mol. The molecule has 0 aliphatic carbocycles. The molecule has 2 aromatic heterocycles. The van der Waals surface area contributed by atoms with Gasteiger partial charge in [-0.1, -0.05) is 0 Å². The van der Waals surface area contributed by atoms with E-state index in [0.29, 0.717) is 18.1 Å². The van der Waals surface area contributed by atoms with Crippen LogP contribution >= 0.6 is 11.3 Å². The van der Waals surface area contributed by atoms with Crippen LogP contribution in [0.25, 0.3) is 0 Å². The Kier molecular flexibility index (Phi) is 11.8. The van der Waals surface area contributed by atoms with E-state index in [9.17, 15) is 26.3 Å². The van der Waals surface area contributed by atoms with Gasteiger partial charge >= 0.3 is 24.3 Å². The molecule has 0 saturated carbocycles. The molecular formula is C24H30F6N2O6S. The number of carboxylic acids is 2. The fraction of sp³-hybridized carbons (Fsp3) is 0.583. The molecule has 0 amide bonds. The van der Waals surface area contributed by atoms with Crippen LogP contribution < -0.4 is 0 Å². The summed E-state index contributed by atoms with van der Waals surface area (Å²) in [5.74, 6) is -3.84. The average molecular weight is 589 g/mol. The average Bonchev–Trinajstić information content (AvgIpc) is 3.49. The molecule has 2 fully saturated rings. The second-order valence-electron chi connectivity index (χ2n) is 9.11. The van der Waals surface area contributed by atoms with Crippen LogP contribution in [0.15, 0.2) is 34.9 Å². The molecular weight excluding hydrogens is 558 g/mol. The second-order valence-corrected chi connectivity index (χ2v) is 10.5. The number of carboxylic acid groups (broad SMARTS) is 2. The molecule has 0 radical (unpaired) electrons. The Bertz CT molecular complexity index is 1020. The van der Waals surface area contributed by atoms with Crippen molar-refractivity contribution in [1.82, 2.24) is 9.80 Å². The molecule has 0 unspecified atom stereocenters. The number of fused-ring (bicyclic) bond motifs is 1. The maximum atomic E-state index is 10.6. The number of furan rings is 1. The van der Waals surface area contributed by atoms with Gasteiger partial charge in [-0.05, 0) is 57.0 Å². The Labute approximate surface area is 224 Å².